The molecule has 216 valence electrons. The number of methoxy groups -OCH3 is 3. The second-order valence-electron chi connectivity index (χ2n) is 9.45. The number of aromatic nitrogens is 2. The maximum Gasteiger partial charge on any atom is 0.229 e. The number of aliphatic hydroxyl groups excluding tert-OH is 4. The number of aromatic amines is 1. The highest BCUT2D eigenvalue weighted by Crippen LogP contribution is 2.38. The first-order chi connectivity index (χ1) is 19.9. The van der Waals surface area contributed by atoms with Gasteiger partial charge in [0.2, 0.25) is 6.29 Å². The number of rotatable bonds is 9. The van der Waals surface area contributed by atoms with Crippen LogP contribution < -0.4 is 18.9 Å². The van der Waals surface area contributed by atoms with Crippen molar-refractivity contribution >= 4 is 0 Å². The molecule has 5 N–H and O–H groups in total. The van der Waals surface area contributed by atoms with Crippen LogP contribution >= 0.6 is 0 Å². The summed E-state index contributed by atoms with van der Waals surface area (Å²) in [4.78, 5) is 8.35. The van der Waals surface area contributed by atoms with Gasteiger partial charge in [0.15, 0.2) is 11.5 Å². The quantitative estimate of drug-likeness (QED) is 0.205. The van der Waals surface area contributed by atoms with E-state index in [1.54, 1.807) is 32.4 Å². The van der Waals surface area contributed by atoms with Gasteiger partial charge >= 0.3 is 0 Å². The van der Waals surface area contributed by atoms with Crippen molar-refractivity contribution in [2.75, 3.05) is 27.9 Å². The predicted octanol–water partition coefficient (Wildman–Crippen LogP) is 2.62. The molecule has 4 aromatic rings. The number of hydrogen-bond donors (Lipinski definition) is 5. The van der Waals surface area contributed by atoms with Crippen LogP contribution in [0.5, 0.6) is 23.0 Å². The highest BCUT2D eigenvalue weighted by atomic mass is 16.7. The molecule has 1 fully saturated rings. The second-order valence-corrected chi connectivity index (χ2v) is 9.45. The third-order valence-electron chi connectivity index (χ3n) is 6.97. The molecule has 0 spiro atoms. The summed E-state index contributed by atoms with van der Waals surface area (Å²) in [6, 6.07) is 20.4. The number of benzene rings is 3. The monoisotopic (exact) mass is 564 g/mol. The standard InChI is InChI=1S/C30H32N2O9/c1-37-19-9-4-16(5-10-19)24-25(17-6-11-20(38-2)12-7-17)32-29(31-24)18-8-13-21(22(14-18)39-3)40-30-28(36)27(35)26(34)23(15-33)41-30/h4-14,23,26-28,30,33-36H,15H2,1-3H3,(H,31,32)/t23-,26+,27+,28-,30+/m1/s1. The lowest BCUT2D eigenvalue weighted by molar-refractivity contribution is -0.277. The maximum absolute atomic E-state index is 10.4. The van der Waals surface area contributed by atoms with Crippen molar-refractivity contribution in [3.05, 3.63) is 66.7 Å². The Balaban J connectivity index is 1.50. The smallest absolute Gasteiger partial charge is 0.229 e. The van der Waals surface area contributed by atoms with E-state index in [1.165, 1.54) is 7.11 Å². The van der Waals surface area contributed by atoms with E-state index in [1.807, 2.05) is 48.5 Å². The first-order valence-corrected chi connectivity index (χ1v) is 12.9. The van der Waals surface area contributed by atoms with Crippen molar-refractivity contribution < 1.29 is 44.1 Å². The Morgan fingerprint density at radius 2 is 1.34 bits per heavy atom. The minimum absolute atomic E-state index is 0.220. The van der Waals surface area contributed by atoms with E-state index in [2.05, 4.69) is 4.98 Å². The summed E-state index contributed by atoms with van der Waals surface area (Å²) in [5.41, 5.74) is 4.01. The van der Waals surface area contributed by atoms with Crippen LogP contribution in [0.25, 0.3) is 33.9 Å². The molecule has 0 aliphatic carbocycles. The van der Waals surface area contributed by atoms with Crippen LogP contribution in [0.3, 0.4) is 0 Å². The molecule has 0 amide bonds. The lowest BCUT2D eigenvalue weighted by Crippen LogP contribution is -2.60. The van der Waals surface area contributed by atoms with Crippen LogP contribution in [0, 0.1) is 0 Å². The van der Waals surface area contributed by atoms with E-state index in [-0.39, 0.29) is 5.75 Å². The van der Waals surface area contributed by atoms with Crippen LogP contribution in [-0.4, -0.2) is 89.0 Å². The number of ether oxygens (including phenoxy) is 5. The minimum atomic E-state index is -1.56. The van der Waals surface area contributed by atoms with Crippen LogP contribution in [-0.2, 0) is 4.74 Å². The van der Waals surface area contributed by atoms with Gasteiger partial charge in [-0.3, -0.25) is 0 Å². The van der Waals surface area contributed by atoms with Gasteiger partial charge in [0.25, 0.3) is 0 Å². The lowest BCUT2D eigenvalue weighted by Gasteiger charge is -2.39. The number of imidazole rings is 1. The maximum atomic E-state index is 10.4. The van der Waals surface area contributed by atoms with E-state index in [9.17, 15) is 20.4 Å². The highest BCUT2D eigenvalue weighted by Gasteiger charge is 2.45. The molecule has 0 unspecified atom stereocenters. The summed E-state index contributed by atoms with van der Waals surface area (Å²) in [6.07, 6.45) is -7.05. The third-order valence-corrected chi connectivity index (χ3v) is 6.97. The zero-order valence-corrected chi connectivity index (χ0v) is 22.7. The molecule has 0 saturated carbocycles. The zero-order valence-electron chi connectivity index (χ0n) is 22.7. The number of H-pyrrole nitrogens is 1. The molecule has 2 heterocycles. The van der Waals surface area contributed by atoms with Crippen LogP contribution in [0.15, 0.2) is 66.7 Å². The van der Waals surface area contributed by atoms with E-state index in [0.717, 1.165) is 34.0 Å². The molecule has 5 rings (SSSR count). The Morgan fingerprint density at radius 3 is 1.93 bits per heavy atom. The van der Waals surface area contributed by atoms with Gasteiger partial charge < -0.3 is 49.1 Å². The molecule has 11 heteroatoms. The summed E-state index contributed by atoms with van der Waals surface area (Å²) in [5.74, 6) is 2.57. The summed E-state index contributed by atoms with van der Waals surface area (Å²) < 4.78 is 27.5. The Hall–Kier alpha value is -4.13. The van der Waals surface area contributed by atoms with Crippen LogP contribution in [0.4, 0.5) is 0 Å². The fraction of sp³-hybridized carbons (Fsp3) is 0.300. The predicted molar refractivity (Wildman–Crippen MR) is 149 cm³/mol. The van der Waals surface area contributed by atoms with Crippen molar-refractivity contribution in [1.82, 2.24) is 9.97 Å². The first-order valence-electron chi connectivity index (χ1n) is 12.9. The van der Waals surface area contributed by atoms with Crippen molar-refractivity contribution in [2.45, 2.75) is 30.7 Å². The molecular formula is C30H32N2O9. The van der Waals surface area contributed by atoms with Crippen molar-refractivity contribution in [3.8, 4) is 56.9 Å². The zero-order chi connectivity index (χ0) is 29.1. The van der Waals surface area contributed by atoms with E-state index >= 15 is 0 Å². The van der Waals surface area contributed by atoms with Gasteiger partial charge in [-0.15, -0.1) is 0 Å². The molecule has 1 aliphatic rings. The number of hydrogen-bond acceptors (Lipinski definition) is 10. The molecule has 1 aliphatic heterocycles. The summed E-state index contributed by atoms with van der Waals surface area (Å²) in [7, 11) is 4.69. The van der Waals surface area contributed by atoms with Crippen molar-refractivity contribution in [2.24, 2.45) is 0 Å². The van der Waals surface area contributed by atoms with Gasteiger partial charge in [-0.1, -0.05) is 0 Å². The fourth-order valence-corrected chi connectivity index (χ4v) is 4.64. The molecular weight excluding hydrogens is 532 g/mol. The van der Waals surface area contributed by atoms with E-state index in [4.69, 9.17) is 28.7 Å². The number of aliphatic hydroxyl groups is 4. The van der Waals surface area contributed by atoms with Crippen LogP contribution in [0.1, 0.15) is 0 Å². The van der Waals surface area contributed by atoms with Crippen molar-refractivity contribution in [3.63, 3.8) is 0 Å². The fourth-order valence-electron chi connectivity index (χ4n) is 4.64. The molecule has 1 saturated heterocycles. The van der Waals surface area contributed by atoms with Gasteiger partial charge in [0.1, 0.15) is 41.7 Å². The summed E-state index contributed by atoms with van der Waals surface area (Å²) >= 11 is 0. The van der Waals surface area contributed by atoms with E-state index in [0.29, 0.717) is 17.1 Å². The van der Waals surface area contributed by atoms with Crippen LogP contribution in [0.2, 0.25) is 0 Å². The van der Waals surface area contributed by atoms with Gasteiger partial charge in [0, 0.05) is 16.7 Å². The Morgan fingerprint density at radius 1 is 0.732 bits per heavy atom. The van der Waals surface area contributed by atoms with Crippen molar-refractivity contribution in [1.29, 1.82) is 0 Å². The molecule has 41 heavy (non-hydrogen) atoms. The number of nitrogens with one attached hydrogen (secondary N) is 1. The Labute approximate surface area is 236 Å². The lowest BCUT2D eigenvalue weighted by atomic mass is 9.99. The third kappa shape index (κ3) is 5.71. The van der Waals surface area contributed by atoms with Gasteiger partial charge in [-0.25, -0.2) is 4.98 Å². The average Bonchev–Trinajstić information content (AvgIpc) is 3.47. The molecule has 1 aromatic heterocycles. The average molecular weight is 565 g/mol. The van der Waals surface area contributed by atoms with Gasteiger partial charge in [-0.05, 0) is 66.7 Å². The Kier molecular flexibility index (Phi) is 8.43. The number of nitrogens with zero attached hydrogens (tertiary/aromatic N) is 1. The molecule has 3 aromatic carbocycles. The Bertz CT molecular complexity index is 1390. The topological polar surface area (TPSA) is 156 Å². The minimum Gasteiger partial charge on any atom is -0.497 e. The largest absolute Gasteiger partial charge is 0.497 e. The first kappa shape index (κ1) is 28.4. The van der Waals surface area contributed by atoms with E-state index < -0.39 is 37.3 Å². The molecule has 0 bridgehead atoms. The van der Waals surface area contributed by atoms with Gasteiger partial charge in [0.05, 0.1) is 39.3 Å². The molecule has 11 nitrogen and oxygen atoms in total. The highest BCUT2D eigenvalue weighted by molar-refractivity contribution is 5.82. The second kappa shape index (κ2) is 12.2. The van der Waals surface area contributed by atoms with Gasteiger partial charge in [-0.2, -0.15) is 0 Å². The SMILES string of the molecule is COc1ccc(-c2nc(-c3ccc(O[C@H]4O[C@H](CO)[C@H](O)[C@H](O)[C@H]4O)c(OC)c3)[nH]c2-c2ccc(OC)cc2)cc1. The molecule has 0 radical (unpaired) electrons. The summed E-state index contributed by atoms with van der Waals surface area (Å²) in [5, 5.41) is 40.0. The molecule has 5 atom stereocenters. The summed E-state index contributed by atoms with van der Waals surface area (Å²) in [6.45, 7) is -0.563. The normalized spacial score (nSPS) is 22.3.